The molecule has 6 nitrogen and oxygen atoms in total. The standard InChI is InChI=1S/C9H10BrN5O/c1-6-3-7(10)4-15(9(6)16)5-8-11-13-14(2)12-8/h3-4H,5H2,1-2H3. The Balaban J connectivity index is 2.38. The van der Waals surface area contributed by atoms with Crippen LogP contribution in [-0.4, -0.2) is 24.8 Å². The molecule has 0 saturated carbocycles. The van der Waals surface area contributed by atoms with Crippen LogP contribution >= 0.6 is 15.9 Å². The molecule has 0 radical (unpaired) electrons. The van der Waals surface area contributed by atoms with Gasteiger partial charge in [0.05, 0.1) is 13.6 Å². The highest BCUT2D eigenvalue weighted by atomic mass is 79.9. The van der Waals surface area contributed by atoms with Crippen molar-refractivity contribution < 1.29 is 0 Å². The molecule has 0 amide bonds. The van der Waals surface area contributed by atoms with Gasteiger partial charge in [0, 0.05) is 16.2 Å². The topological polar surface area (TPSA) is 65.6 Å². The van der Waals surface area contributed by atoms with E-state index in [1.54, 1.807) is 30.8 Å². The highest BCUT2D eigenvalue weighted by Crippen LogP contribution is 2.08. The summed E-state index contributed by atoms with van der Waals surface area (Å²) in [6.45, 7) is 2.10. The molecule has 0 saturated heterocycles. The zero-order chi connectivity index (χ0) is 11.7. The zero-order valence-electron chi connectivity index (χ0n) is 8.88. The minimum absolute atomic E-state index is 0.0457. The van der Waals surface area contributed by atoms with Crippen molar-refractivity contribution in [2.24, 2.45) is 7.05 Å². The van der Waals surface area contributed by atoms with E-state index in [1.807, 2.05) is 0 Å². The molecule has 84 valence electrons. The van der Waals surface area contributed by atoms with Crippen molar-refractivity contribution in [2.75, 3.05) is 0 Å². The smallest absolute Gasteiger partial charge is 0.253 e. The first kappa shape index (κ1) is 11.0. The SMILES string of the molecule is Cc1cc(Br)cn(Cc2nnn(C)n2)c1=O. The fourth-order valence-corrected chi connectivity index (χ4v) is 1.99. The fraction of sp³-hybridized carbons (Fsp3) is 0.333. The average Bonchev–Trinajstić information content (AvgIpc) is 2.60. The predicted molar refractivity (Wildman–Crippen MR) is 61.0 cm³/mol. The van der Waals surface area contributed by atoms with Gasteiger partial charge in [-0.15, -0.1) is 10.2 Å². The number of halogens is 1. The molecule has 2 aromatic rings. The first-order chi connectivity index (χ1) is 7.56. The second-order valence-corrected chi connectivity index (χ2v) is 4.39. The Labute approximate surface area is 100 Å². The van der Waals surface area contributed by atoms with Gasteiger partial charge in [-0.2, -0.15) is 4.80 Å². The van der Waals surface area contributed by atoms with Crippen molar-refractivity contribution in [3.63, 3.8) is 0 Å². The van der Waals surface area contributed by atoms with E-state index in [0.29, 0.717) is 17.9 Å². The van der Waals surface area contributed by atoms with E-state index < -0.39 is 0 Å². The maximum Gasteiger partial charge on any atom is 0.253 e. The average molecular weight is 284 g/mol. The van der Waals surface area contributed by atoms with Crippen LogP contribution < -0.4 is 5.56 Å². The predicted octanol–water partition coefficient (Wildman–Crippen LogP) is 0.491. The number of hydrogen-bond acceptors (Lipinski definition) is 4. The largest absolute Gasteiger partial charge is 0.306 e. The van der Waals surface area contributed by atoms with Gasteiger partial charge in [0.15, 0.2) is 5.82 Å². The van der Waals surface area contributed by atoms with Crippen LogP contribution in [0.2, 0.25) is 0 Å². The second-order valence-electron chi connectivity index (χ2n) is 3.47. The zero-order valence-corrected chi connectivity index (χ0v) is 10.5. The summed E-state index contributed by atoms with van der Waals surface area (Å²) in [7, 11) is 1.69. The summed E-state index contributed by atoms with van der Waals surface area (Å²) in [6, 6.07) is 1.78. The summed E-state index contributed by atoms with van der Waals surface area (Å²) in [5.41, 5.74) is 0.633. The van der Waals surface area contributed by atoms with Gasteiger partial charge >= 0.3 is 0 Å². The Morgan fingerprint density at radius 3 is 2.88 bits per heavy atom. The summed E-state index contributed by atoms with van der Waals surface area (Å²) in [4.78, 5) is 13.2. The molecule has 0 aliphatic heterocycles. The van der Waals surface area contributed by atoms with Crippen LogP contribution in [0.15, 0.2) is 21.5 Å². The number of tetrazole rings is 1. The Morgan fingerprint density at radius 2 is 2.25 bits per heavy atom. The Kier molecular flexibility index (Phi) is 2.86. The maximum absolute atomic E-state index is 11.8. The normalized spacial score (nSPS) is 10.7. The van der Waals surface area contributed by atoms with Gasteiger partial charge in [0.1, 0.15) is 0 Å². The van der Waals surface area contributed by atoms with Crippen molar-refractivity contribution >= 4 is 15.9 Å². The number of aryl methyl sites for hydroxylation is 2. The van der Waals surface area contributed by atoms with E-state index in [0.717, 1.165) is 4.47 Å². The molecule has 0 fully saturated rings. The molecule has 0 aromatic carbocycles. The second kappa shape index (κ2) is 4.17. The highest BCUT2D eigenvalue weighted by molar-refractivity contribution is 9.10. The first-order valence-electron chi connectivity index (χ1n) is 4.66. The van der Waals surface area contributed by atoms with Gasteiger partial charge in [-0.3, -0.25) is 4.79 Å². The fourth-order valence-electron chi connectivity index (χ4n) is 1.40. The minimum atomic E-state index is -0.0457. The van der Waals surface area contributed by atoms with Crippen LogP contribution in [0.1, 0.15) is 11.4 Å². The summed E-state index contributed by atoms with van der Waals surface area (Å²) in [5, 5.41) is 11.6. The minimum Gasteiger partial charge on any atom is -0.306 e. The Hall–Kier alpha value is -1.50. The lowest BCUT2D eigenvalue weighted by atomic mass is 10.3. The van der Waals surface area contributed by atoms with Crippen molar-refractivity contribution in [3.8, 4) is 0 Å². The molecule has 0 spiro atoms. The van der Waals surface area contributed by atoms with Gasteiger partial charge in [-0.05, 0) is 34.1 Å². The third-order valence-corrected chi connectivity index (χ3v) is 2.53. The molecule has 0 aliphatic carbocycles. The number of hydrogen-bond donors (Lipinski definition) is 0. The molecule has 0 atom stereocenters. The monoisotopic (exact) mass is 283 g/mol. The lowest BCUT2D eigenvalue weighted by Crippen LogP contribution is -2.22. The van der Waals surface area contributed by atoms with Crippen LogP contribution in [0.5, 0.6) is 0 Å². The molecule has 0 aliphatic rings. The van der Waals surface area contributed by atoms with Gasteiger partial charge in [0.2, 0.25) is 0 Å². The molecule has 2 rings (SSSR count). The van der Waals surface area contributed by atoms with Crippen molar-refractivity contribution in [1.82, 2.24) is 24.8 Å². The van der Waals surface area contributed by atoms with Crippen LogP contribution in [-0.2, 0) is 13.6 Å². The van der Waals surface area contributed by atoms with E-state index >= 15 is 0 Å². The molecule has 0 N–H and O–H groups in total. The number of nitrogens with zero attached hydrogens (tertiary/aromatic N) is 5. The van der Waals surface area contributed by atoms with Crippen LogP contribution in [0.25, 0.3) is 0 Å². The maximum atomic E-state index is 11.8. The lowest BCUT2D eigenvalue weighted by molar-refractivity contribution is 0.623. The number of rotatable bonds is 2. The number of aromatic nitrogens is 5. The summed E-state index contributed by atoms with van der Waals surface area (Å²) in [5.74, 6) is 0.516. The van der Waals surface area contributed by atoms with E-state index in [2.05, 4.69) is 31.3 Å². The third-order valence-electron chi connectivity index (χ3n) is 2.09. The van der Waals surface area contributed by atoms with Crippen LogP contribution in [0.3, 0.4) is 0 Å². The van der Waals surface area contributed by atoms with Gasteiger partial charge in [-0.25, -0.2) is 0 Å². The van der Waals surface area contributed by atoms with Crippen molar-refractivity contribution in [3.05, 3.63) is 38.5 Å². The van der Waals surface area contributed by atoms with E-state index in [4.69, 9.17) is 0 Å². The molecule has 0 unspecified atom stereocenters. The summed E-state index contributed by atoms with van der Waals surface area (Å²) < 4.78 is 2.41. The van der Waals surface area contributed by atoms with Gasteiger partial charge in [0.25, 0.3) is 5.56 Å². The van der Waals surface area contributed by atoms with E-state index in [-0.39, 0.29) is 5.56 Å². The molecule has 7 heteroatoms. The molecule has 2 aromatic heterocycles. The first-order valence-corrected chi connectivity index (χ1v) is 5.45. The Bertz CT molecular complexity index is 574. The van der Waals surface area contributed by atoms with Crippen LogP contribution in [0, 0.1) is 6.92 Å². The van der Waals surface area contributed by atoms with Crippen molar-refractivity contribution in [1.29, 1.82) is 0 Å². The third kappa shape index (κ3) is 2.19. The van der Waals surface area contributed by atoms with Crippen molar-refractivity contribution in [2.45, 2.75) is 13.5 Å². The molecular formula is C9H10BrN5O. The lowest BCUT2D eigenvalue weighted by Gasteiger charge is -2.04. The number of pyridine rings is 1. The molecule has 2 heterocycles. The van der Waals surface area contributed by atoms with E-state index in [1.165, 1.54) is 4.80 Å². The Morgan fingerprint density at radius 1 is 1.50 bits per heavy atom. The molecule has 0 bridgehead atoms. The van der Waals surface area contributed by atoms with E-state index in [9.17, 15) is 4.79 Å². The molecule has 16 heavy (non-hydrogen) atoms. The molecular weight excluding hydrogens is 274 g/mol. The quantitative estimate of drug-likeness (QED) is 0.805. The van der Waals surface area contributed by atoms with Gasteiger partial charge < -0.3 is 4.57 Å². The highest BCUT2D eigenvalue weighted by Gasteiger charge is 2.06. The summed E-state index contributed by atoms with van der Waals surface area (Å²) >= 11 is 3.34. The summed E-state index contributed by atoms with van der Waals surface area (Å²) in [6.07, 6.45) is 1.71. The van der Waals surface area contributed by atoms with Crippen LogP contribution in [0.4, 0.5) is 0 Å². The van der Waals surface area contributed by atoms with Gasteiger partial charge in [-0.1, -0.05) is 0 Å².